The Labute approximate surface area is 194 Å². The fraction of sp³-hybridized carbons (Fsp3) is 0.619. The van der Waals surface area contributed by atoms with Crippen LogP contribution in [0.1, 0.15) is 38.5 Å². The molecule has 1 aromatic rings. The van der Waals surface area contributed by atoms with Gasteiger partial charge in [-0.25, -0.2) is 13.1 Å². The number of amides is 1. The quantitative estimate of drug-likeness (QED) is 0.321. The summed E-state index contributed by atoms with van der Waals surface area (Å²) in [6.45, 7) is 0.842. The molecule has 0 aromatic heterocycles. The van der Waals surface area contributed by atoms with Crippen molar-refractivity contribution in [2.75, 3.05) is 33.4 Å². The van der Waals surface area contributed by atoms with Gasteiger partial charge in [0.2, 0.25) is 15.9 Å². The zero-order valence-electron chi connectivity index (χ0n) is 18.2. The van der Waals surface area contributed by atoms with Gasteiger partial charge in [0.05, 0.1) is 24.5 Å². The van der Waals surface area contributed by atoms with Crippen LogP contribution in [-0.2, 0) is 33.8 Å². The maximum Gasteiger partial charge on any atom is 0.305 e. The Bertz CT molecular complexity index is 827. The number of ether oxygens (including phenoxy) is 3. The molecule has 2 atom stereocenters. The predicted octanol–water partition coefficient (Wildman–Crippen LogP) is 2.24. The Kier molecular flexibility index (Phi) is 11.4. The highest BCUT2D eigenvalue weighted by atomic mass is 35.5. The van der Waals surface area contributed by atoms with Crippen molar-refractivity contribution < 1.29 is 32.2 Å². The first kappa shape index (κ1) is 26.5. The lowest BCUT2D eigenvalue weighted by Crippen LogP contribution is -2.42. The summed E-state index contributed by atoms with van der Waals surface area (Å²) in [6, 6.07) is 5.76. The molecule has 0 bridgehead atoms. The molecular weight excluding hydrogens is 460 g/mol. The maximum absolute atomic E-state index is 12.7. The van der Waals surface area contributed by atoms with Crippen LogP contribution in [0.15, 0.2) is 29.2 Å². The van der Waals surface area contributed by atoms with E-state index in [1.165, 1.54) is 31.4 Å². The minimum Gasteiger partial charge on any atom is -0.469 e. The molecule has 0 aliphatic carbocycles. The summed E-state index contributed by atoms with van der Waals surface area (Å²) in [5, 5.41) is 3.21. The van der Waals surface area contributed by atoms with Crippen LogP contribution in [0.25, 0.3) is 0 Å². The number of hydrogen-bond acceptors (Lipinski definition) is 7. The monoisotopic (exact) mass is 490 g/mol. The van der Waals surface area contributed by atoms with Crippen LogP contribution >= 0.6 is 11.6 Å². The van der Waals surface area contributed by atoms with E-state index < -0.39 is 22.2 Å². The molecular formula is C21H31ClN2O7S. The number of carbonyl (C=O) groups is 2. The van der Waals surface area contributed by atoms with Crippen molar-refractivity contribution in [1.29, 1.82) is 0 Å². The van der Waals surface area contributed by atoms with E-state index in [4.69, 9.17) is 21.1 Å². The first-order valence-corrected chi connectivity index (χ1v) is 12.5. The molecule has 1 aliphatic heterocycles. The van der Waals surface area contributed by atoms with E-state index in [9.17, 15) is 18.0 Å². The number of sulfonamides is 1. The number of carbonyl (C=O) groups excluding carboxylic acids is 2. The second-order valence-corrected chi connectivity index (χ2v) is 9.66. The van der Waals surface area contributed by atoms with Crippen molar-refractivity contribution in [1.82, 2.24) is 10.0 Å². The lowest BCUT2D eigenvalue weighted by Gasteiger charge is -2.25. The molecule has 32 heavy (non-hydrogen) atoms. The summed E-state index contributed by atoms with van der Waals surface area (Å²) in [5.74, 6) is -1.38. The van der Waals surface area contributed by atoms with E-state index in [0.717, 1.165) is 19.3 Å². The molecule has 1 saturated heterocycles. The molecule has 1 amide bonds. The largest absolute Gasteiger partial charge is 0.469 e. The number of halogens is 1. The van der Waals surface area contributed by atoms with Crippen LogP contribution < -0.4 is 10.0 Å². The van der Waals surface area contributed by atoms with Gasteiger partial charge in [0.15, 0.2) is 6.29 Å². The molecule has 1 aliphatic rings. The van der Waals surface area contributed by atoms with E-state index in [1.54, 1.807) is 0 Å². The van der Waals surface area contributed by atoms with Gasteiger partial charge < -0.3 is 19.5 Å². The van der Waals surface area contributed by atoms with Crippen LogP contribution in [-0.4, -0.2) is 60.0 Å². The van der Waals surface area contributed by atoms with E-state index in [1.807, 2.05) is 0 Å². The first-order valence-electron chi connectivity index (χ1n) is 10.6. The van der Waals surface area contributed by atoms with E-state index >= 15 is 0 Å². The van der Waals surface area contributed by atoms with Crippen LogP contribution in [0.2, 0.25) is 5.02 Å². The second-order valence-electron chi connectivity index (χ2n) is 7.46. The zero-order chi connectivity index (χ0) is 23.4. The fourth-order valence-corrected chi connectivity index (χ4v) is 4.26. The number of nitrogens with one attached hydrogen (secondary N) is 2. The predicted molar refractivity (Wildman–Crippen MR) is 119 cm³/mol. The Morgan fingerprint density at radius 1 is 1.22 bits per heavy atom. The molecule has 11 heteroatoms. The van der Waals surface area contributed by atoms with Gasteiger partial charge in [0.1, 0.15) is 0 Å². The third-order valence-corrected chi connectivity index (χ3v) is 6.66. The van der Waals surface area contributed by atoms with Crippen molar-refractivity contribution >= 4 is 33.5 Å². The summed E-state index contributed by atoms with van der Waals surface area (Å²) in [6.07, 6.45) is 3.73. The van der Waals surface area contributed by atoms with Crippen LogP contribution in [0.3, 0.4) is 0 Å². The van der Waals surface area contributed by atoms with Crippen molar-refractivity contribution in [2.24, 2.45) is 5.92 Å². The number of benzene rings is 1. The summed E-state index contributed by atoms with van der Waals surface area (Å²) in [4.78, 5) is 23.9. The highest BCUT2D eigenvalue weighted by molar-refractivity contribution is 7.89. The maximum atomic E-state index is 12.7. The average Bonchev–Trinajstić information content (AvgIpc) is 2.79. The fourth-order valence-electron chi connectivity index (χ4n) is 3.05. The van der Waals surface area contributed by atoms with E-state index in [0.29, 0.717) is 31.0 Å². The smallest absolute Gasteiger partial charge is 0.305 e. The van der Waals surface area contributed by atoms with Gasteiger partial charge in [-0.2, -0.15) is 0 Å². The van der Waals surface area contributed by atoms with Gasteiger partial charge in [0, 0.05) is 31.1 Å². The number of unbranched alkanes of at least 4 members (excludes halogenated alkanes) is 1. The Morgan fingerprint density at radius 3 is 2.62 bits per heavy atom. The molecule has 1 fully saturated rings. The molecule has 0 saturated carbocycles. The van der Waals surface area contributed by atoms with Gasteiger partial charge in [0.25, 0.3) is 0 Å². The lowest BCUT2D eigenvalue weighted by molar-refractivity contribution is -0.171. The van der Waals surface area contributed by atoms with Gasteiger partial charge in [-0.05, 0) is 56.4 Å². The average molecular weight is 491 g/mol. The number of hydrogen-bond donors (Lipinski definition) is 2. The topological polar surface area (TPSA) is 120 Å². The van der Waals surface area contributed by atoms with Crippen LogP contribution in [0.5, 0.6) is 0 Å². The molecule has 1 heterocycles. The van der Waals surface area contributed by atoms with Crippen molar-refractivity contribution in [3.63, 3.8) is 0 Å². The summed E-state index contributed by atoms with van der Waals surface area (Å²) in [5.41, 5.74) is 0. The van der Waals surface area contributed by atoms with Crippen LogP contribution in [0, 0.1) is 5.92 Å². The minimum atomic E-state index is -3.82. The molecule has 9 nitrogen and oxygen atoms in total. The number of esters is 1. The molecule has 2 rings (SSSR count). The Hall–Kier alpha value is -1.72. The minimum absolute atomic E-state index is 0.0157. The van der Waals surface area contributed by atoms with E-state index in [2.05, 4.69) is 14.8 Å². The van der Waals surface area contributed by atoms with Gasteiger partial charge >= 0.3 is 5.97 Å². The first-order chi connectivity index (χ1) is 15.3. The number of rotatable bonds is 13. The second kappa shape index (κ2) is 13.7. The molecule has 180 valence electrons. The van der Waals surface area contributed by atoms with E-state index in [-0.39, 0.29) is 36.3 Å². The Morgan fingerprint density at radius 2 is 1.97 bits per heavy atom. The molecule has 1 aromatic carbocycles. The summed E-state index contributed by atoms with van der Waals surface area (Å²) in [7, 11) is -2.49. The summed E-state index contributed by atoms with van der Waals surface area (Å²) >= 11 is 5.82. The third-order valence-electron chi connectivity index (χ3n) is 4.97. The van der Waals surface area contributed by atoms with Crippen molar-refractivity contribution in [3.8, 4) is 0 Å². The summed E-state index contributed by atoms with van der Waals surface area (Å²) < 4.78 is 43.5. The zero-order valence-corrected chi connectivity index (χ0v) is 19.8. The molecule has 0 spiro atoms. The lowest BCUT2D eigenvalue weighted by atomic mass is 10.1. The van der Waals surface area contributed by atoms with Gasteiger partial charge in [-0.15, -0.1) is 0 Å². The highest BCUT2D eigenvalue weighted by Crippen LogP contribution is 2.16. The highest BCUT2D eigenvalue weighted by Gasteiger charge is 2.25. The standard InChI is InChI=1S/C21H31ClN2O7S/c1-29-19(25)6-2-4-12-23-21(26)16(15-31-20-7-3-5-13-30-20)14-24-32(27,28)18-10-8-17(22)9-11-18/h8-11,16,20,24H,2-7,12-15H2,1H3,(H,23,26). The van der Waals surface area contributed by atoms with Crippen molar-refractivity contribution in [2.45, 2.75) is 49.7 Å². The molecule has 0 radical (unpaired) electrons. The van der Waals surface area contributed by atoms with Crippen LogP contribution in [0.4, 0.5) is 0 Å². The SMILES string of the molecule is COC(=O)CCCCNC(=O)C(CNS(=O)(=O)c1ccc(Cl)cc1)COC1CCCCO1. The molecule has 2 N–H and O–H groups in total. The number of methoxy groups -OCH3 is 1. The Balaban J connectivity index is 1.90. The van der Waals surface area contributed by atoms with Gasteiger partial charge in [-0.3, -0.25) is 9.59 Å². The normalized spacial score (nSPS) is 17.5. The van der Waals surface area contributed by atoms with Crippen molar-refractivity contribution in [3.05, 3.63) is 29.3 Å². The third kappa shape index (κ3) is 9.41. The molecule has 2 unspecified atom stereocenters. The van der Waals surface area contributed by atoms with Gasteiger partial charge in [-0.1, -0.05) is 11.6 Å².